The van der Waals surface area contributed by atoms with Crippen LogP contribution < -0.4 is 4.57 Å². The molecule has 0 fully saturated rings. The van der Waals surface area contributed by atoms with Crippen molar-refractivity contribution in [3.8, 4) is 0 Å². The summed E-state index contributed by atoms with van der Waals surface area (Å²) in [7, 11) is 0. The fourth-order valence-electron chi connectivity index (χ4n) is 1.18. The van der Waals surface area contributed by atoms with Crippen LogP contribution in [0.25, 0.3) is 0 Å². The Morgan fingerprint density at radius 3 is 2.92 bits per heavy atom. The van der Waals surface area contributed by atoms with Crippen molar-refractivity contribution in [3.63, 3.8) is 0 Å². The lowest BCUT2D eigenvalue weighted by atomic mass is 10.3. The standard InChI is InChI=1S/C10H19N2S/c1-3-5-6-11-7-8-12(9-11)10-13-4-2/h7-9H,3-6,10H2,1-2H3/q+1. The highest BCUT2D eigenvalue weighted by molar-refractivity contribution is 7.98. The summed E-state index contributed by atoms with van der Waals surface area (Å²) in [5.41, 5.74) is 0. The number of nitrogens with zero attached hydrogens (tertiary/aromatic N) is 2. The lowest BCUT2D eigenvalue weighted by Crippen LogP contribution is -2.29. The molecule has 0 unspecified atom stereocenters. The van der Waals surface area contributed by atoms with Crippen molar-refractivity contribution in [2.75, 3.05) is 5.75 Å². The Morgan fingerprint density at radius 2 is 2.23 bits per heavy atom. The summed E-state index contributed by atoms with van der Waals surface area (Å²) in [6, 6.07) is 0. The Balaban J connectivity index is 2.34. The molecular formula is C10H19N2S+. The number of hydrogen-bond acceptors (Lipinski definition) is 1. The van der Waals surface area contributed by atoms with Gasteiger partial charge in [0, 0.05) is 0 Å². The molecule has 74 valence electrons. The molecule has 0 spiro atoms. The molecule has 3 heteroatoms. The van der Waals surface area contributed by atoms with Crippen molar-refractivity contribution in [2.45, 2.75) is 39.1 Å². The number of unbranched alkanes of at least 4 members (excludes halogenated alkanes) is 1. The first-order valence-corrected chi connectivity index (χ1v) is 6.14. The van der Waals surface area contributed by atoms with Crippen LogP contribution in [0.5, 0.6) is 0 Å². The molecular weight excluding hydrogens is 180 g/mol. The molecule has 0 N–H and O–H groups in total. The van der Waals surface area contributed by atoms with Gasteiger partial charge in [0.15, 0.2) is 0 Å². The number of rotatable bonds is 6. The first kappa shape index (κ1) is 10.6. The highest BCUT2D eigenvalue weighted by atomic mass is 32.2. The van der Waals surface area contributed by atoms with Crippen LogP contribution in [0.3, 0.4) is 0 Å². The topological polar surface area (TPSA) is 8.81 Å². The third-order valence-corrected chi connectivity index (χ3v) is 2.85. The molecule has 0 saturated carbocycles. The van der Waals surface area contributed by atoms with Crippen molar-refractivity contribution >= 4 is 11.8 Å². The molecule has 0 aliphatic carbocycles. The third-order valence-electron chi connectivity index (χ3n) is 1.96. The molecule has 0 bridgehead atoms. The minimum atomic E-state index is 1.08. The molecule has 2 nitrogen and oxygen atoms in total. The molecule has 1 rings (SSSR count). The monoisotopic (exact) mass is 199 g/mol. The molecule has 0 amide bonds. The van der Waals surface area contributed by atoms with Crippen LogP contribution in [0.15, 0.2) is 18.7 Å². The van der Waals surface area contributed by atoms with E-state index in [0.717, 1.165) is 12.4 Å². The van der Waals surface area contributed by atoms with Crippen LogP contribution in [-0.2, 0) is 12.4 Å². The van der Waals surface area contributed by atoms with Gasteiger partial charge in [-0.05, 0) is 12.2 Å². The van der Waals surface area contributed by atoms with E-state index >= 15 is 0 Å². The van der Waals surface area contributed by atoms with E-state index < -0.39 is 0 Å². The SMILES string of the molecule is CCCCn1cc[n+](CSCC)c1. The second-order valence-corrected chi connectivity index (χ2v) is 4.38. The second-order valence-electron chi connectivity index (χ2n) is 3.14. The first-order valence-electron chi connectivity index (χ1n) is 4.99. The van der Waals surface area contributed by atoms with Crippen molar-refractivity contribution in [1.82, 2.24) is 4.57 Å². The lowest BCUT2D eigenvalue weighted by Gasteiger charge is -1.93. The second kappa shape index (κ2) is 6.08. The molecule has 0 aliphatic rings. The van der Waals surface area contributed by atoms with Gasteiger partial charge in [0.05, 0.1) is 6.54 Å². The zero-order valence-electron chi connectivity index (χ0n) is 8.57. The normalized spacial score (nSPS) is 10.6. The van der Waals surface area contributed by atoms with Gasteiger partial charge < -0.3 is 0 Å². The molecule has 1 aromatic rings. The molecule has 0 aromatic carbocycles. The predicted molar refractivity (Wildman–Crippen MR) is 57.7 cm³/mol. The lowest BCUT2D eigenvalue weighted by molar-refractivity contribution is -0.675. The average Bonchev–Trinajstić information content (AvgIpc) is 2.59. The van der Waals surface area contributed by atoms with E-state index in [2.05, 4.69) is 41.7 Å². The third kappa shape index (κ3) is 3.85. The largest absolute Gasteiger partial charge is 0.244 e. The van der Waals surface area contributed by atoms with Gasteiger partial charge in [-0.1, -0.05) is 20.3 Å². The van der Waals surface area contributed by atoms with E-state index in [9.17, 15) is 0 Å². The van der Waals surface area contributed by atoms with Gasteiger partial charge in [-0.2, -0.15) is 0 Å². The van der Waals surface area contributed by atoms with E-state index in [0.29, 0.717) is 0 Å². The van der Waals surface area contributed by atoms with Gasteiger partial charge >= 0.3 is 0 Å². The zero-order valence-corrected chi connectivity index (χ0v) is 9.39. The number of aryl methyl sites for hydroxylation is 1. The number of aromatic nitrogens is 2. The van der Waals surface area contributed by atoms with Gasteiger partial charge in [-0.15, -0.1) is 11.8 Å². The number of imidazole rings is 1. The maximum absolute atomic E-state index is 2.26. The van der Waals surface area contributed by atoms with Gasteiger partial charge in [0.25, 0.3) is 0 Å². The highest BCUT2D eigenvalue weighted by Gasteiger charge is 2.01. The van der Waals surface area contributed by atoms with Crippen LogP contribution in [0.4, 0.5) is 0 Å². The molecule has 0 saturated heterocycles. The Hall–Kier alpha value is -0.440. The van der Waals surface area contributed by atoms with Crippen molar-refractivity contribution in [1.29, 1.82) is 0 Å². The first-order chi connectivity index (χ1) is 6.36. The average molecular weight is 199 g/mol. The van der Waals surface area contributed by atoms with E-state index in [-0.39, 0.29) is 0 Å². The van der Waals surface area contributed by atoms with Crippen molar-refractivity contribution < 1.29 is 4.57 Å². The summed E-state index contributed by atoms with van der Waals surface area (Å²) in [6.45, 7) is 5.57. The maximum Gasteiger partial charge on any atom is 0.244 e. The van der Waals surface area contributed by atoms with E-state index in [1.807, 2.05) is 11.8 Å². The summed E-state index contributed by atoms with van der Waals surface area (Å²) in [4.78, 5) is 0. The summed E-state index contributed by atoms with van der Waals surface area (Å²) < 4.78 is 4.50. The smallest absolute Gasteiger partial charge is 0.237 e. The summed E-state index contributed by atoms with van der Waals surface area (Å²) in [6.07, 6.45) is 9.04. The Morgan fingerprint density at radius 1 is 1.38 bits per heavy atom. The molecule has 0 aliphatic heterocycles. The van der Waals surface area contributed by atoms with Crippen molar-refractivity contribution in [2.24, 2.45) is 0 Å². The Labute approximate surface area is 85.0 Å². The molecule has 1 heterocycles. The van der Waals surface area contributed by atoms with Gasteiger partial charge in [-0.3, -0.25) is 0 Å². The zero-order chi connectivity index (χ0) is 9.52. The highest BCUT2D eigenvalue weighted by Crippen LogP contribution is 1.98. The Kier molecular flexibility index (Phi) is 4.98. The number of hydrogen-bond donors (Lipinski definition) is 0. The van der Waals surface area contributed by atoms with Gasteiger partial charge in [-0.25, -0.2) is 9.13 Å². The Bertz CT molecular complexity index is 210. The van der Waals surface area contributed by atoms with Crippen LogP contribution >= 0.6 is 11.8 Å². The predicted octanol–water partition coefficient (Wildman–Crippen LogP) is 2.29. The van der Waals surface area contributed by atoms with Crippen LogP contribution in [0.1, 0.15) is 26.7 Å². The molecule has 0 atom stereocenters. The fraction of sp³-hybridized carbons (Fsp3) is 0.700. The maximum atomic E-state index is 2.26. The van der Waals surface area contributed by atoms with E-state index in [1.165, 1.54) is 18.6 Å². The molecule has 13 heavy (non-hydrogen) atoms. The van der Waals surface area contributed by atoms with E-state index in [4.69, 9.17) is 0 Å². The summed E-state index contributed by atoms with van der Waals surface area (Å²) in [5.74, 6) is 2.27. The van der Waals surface area contributed by atoms with Crippen LogP contribution in [-0.4, -0.2) is 10.3 Å². The van der Waals surface area contributed by atoms with Gasteiger partial charge in [0.2, 0.25) is 6.33 Å². The molecule has 1 aromatic heterocycles. The molecule has 0 radical (unpaired) electrons. The minimum Gasteiger partial charge on any atom is -0.237 e. The van der Waals surface area contributed by atoms with Gasteiger partial charge in [0.1, 0.15) is 18.3 Å². The summed E-state index contributed by atoms with van der Waals surface area (Å²) >= 11 is 1.95. The minimum absolute atomic E-state index is 1.08. The van der Waals surface area contributed by atoms with Crippen molar-refractivity contribution in [3.05, 3.63) is 18.7 Å². The van der Waals surface area contributed by atoms with Crippen LogP contribution in [0.2, 0.25) is 0 Å². The number of thioether (sulfide) groups is 1. The van der Waals surface area contributed by atoms with E-state index in [1.54, 1.807) is 0 Å². The fourth-order valence-corrected chi connectivity index (χ4v) is 1.73. The quantitative estimate of drug-likeness (QED) is 0.639. The summed E-state index contributed by atoms with van der Waals surface area (Å²) in [5, 5.41) is 0. The van der Waals surface area contributed by atoms with Crippen LogP contribution in [0, 0.1) is 0 Å².